The van der Waals surface area contributed by atoms with Gasteiger partial charge in [-0.25, -0.2) is 0 Å². The molecule has 2 aliphatic heterocycles. The van der Waals surface area contributed by atoms with Gasteiger partial charge in [-0.2, -0.15) is 0 Å². The molecule has 1 saturated heterocycles. The Kier molecular flexibility index (Phi) is 7.62. The van der Waals surface area contributed by atoms with Gasteiger partial charge in [-0.05, 0) is 77.4 Å². The van der Waals surface area contributed by atoms with E-state index in [2.05, 4.69) is 125 Å². The molecule has 5 nitrogen and oxygen atoms in total. The van der Waals surface area contributed by atoms with Crippen molar-refractivity contribution in [3.8, 4) is 5.75 Å². The average Bonchev–Trinajstić information content (AvgIpc) is 3.51. The summed E-state index contributed by atoms with van der Waals surface area (Å²) in [6.45, 7) is 0. The van der Waals surface area contributed by atoms with Gasteiger partial charge < -0.3 is 14.4 Å². The molecule has 0 bridgehead atoms. The molecule has 1 aromatic heterocycles. The van der Waals surface area contributed by atoms with Gasteiger partial charge >= 0.3 is 0 Å². The Morgan fingerprint density at radius 2 is 1.44 bits per heavy atom. The van der Waals surface area contributed by atoms with E-state index < -0.39 is 0 Å². The van der Waals surface area contributed by atoms with E-state index in [1.54, 1.807) is 30.1 Å². The highest BCUT2D eigenvalue weighted by molar-refractivity contribution is 8.04. The van der Waals surface area contributed by atoms with Gasteiger partial charge in [0.1, 0.15) is 22.4 Å². The van der Waals surface area contributed by atoms with E-state index in [0.29, 0.717) is 5.94 Å². The first kappa shape index (κ1) is 27.3. The van der Waals surface area contributed by atoms with Crippen LogP contribution >= 0.6 is 23.1 Å². The van der Waals surface area contributed by atoms with Gasteiger partial charge in [0.25, 0.3) is 0 Å². The second-order valence-electron chi connectivity index (χ2n) is 9.97. The predicted molar refractivity (Wildman–Crippen MR) is 183 cm³/mol. The van der Waals surface area contributed by atoms with E-state index in [1.807, 2.05) is 18.2 Å². The van der Waals surface area contributed by atoms with Crippen LogP contribution in [0.5, 0.6) is 5.75 Å². The molecule has 0 unspecified atom stereocenters. The van der Waals surface area contributed by atoms with Crippen molar-refractivity contribution in [2.45, 2.75) is 0 Å². The highest BCUT2D eigenvalue weighted by atomic mass is 32.2. The molecule has 0 spiro atoms. The van der Waals surface area contributed by atoms with Crippen LogP contribution in [0.3, 0.4) is 0 Å². The Morgan fingerprint density at radius 1 is 0.767 bits per heavy atom. The Labute approximate surface area is 258 Å². The summed E-state index contributed by atoms with van der Waals surface area (Å²) in [6.07, 6.45) is 2.12. The van der Waals surface area contributed by atoms with Crippen LogP contribution in [0.15, 0.2) is 132 Å². The predicted octanol–water partition coefficient (Wildman–Crippen LogP) is 9.43. The number of hydrogen-bond acceptors (Lipinski definition) is 7. The maximum absolute atomic E-state index is 6.45. The number of thioether (sulfide) groups is 1. The second-order valence-corrected chi connectivity index (χ2v) is 11.9. The zero-order valence-corrected chi connectivity index (χ0v) is 25.1. The molecule has 0 saturated carbocycles. The number of nitrogens with zero attached hydrogens (tertiary/aromatic N) is 1. The number of allylic oxidation sites excluding steroid dienone is 2. The molecular weight excluding hydrogens is 571 g/mol. The fourth-order valence-corrected chi connectivity index (χ4v) is 7.01. The number of thiophene rings is 1. The topological polar surface area (TPSA) is 59.8 Å². The maximum Gasteiger partial charge on any atom is 0.165 e. The van der Waals surface area contributed by atoms with Crippen molar-refractivity contribution < 1.29 is 9.47 Å². The third-order valence-corrected chi connectivity index (χ3v) is 9.25. The minimum absolute atomic E-state index is 0.694. The van der Waals surface area contributed by atoms with Gasteiger partial charge in [0.15, 0.2) is 5.09 Å². The van der Waals surface area contributed by atoms with Crippen molar-refractivity contribution in [2.75, 3.05) is 17.9 Å². The largest absolute Gasteiger partial charge is 0.476 e. The number of benzene rings is 5. The molecule has 8 rings (SSSR count). The lowest BCUT2D eigenvalue weighted by Gasteiger charge is -2.26. The highest BCUT2D eigenvalue weighted by Gasteiger charge is 2.26. The molecule has 3 heterocycles. The molecule has 0 aliphatic carbocycles. The summed E-state index contributed by atoms with van der Waals surface area (Å²) in [5.41, 5.74) is 6.67. The molecule has 7 heteroatoms. The van der Waals surface area contributed by atoms with E-state index in [9.17, 15) is 0 Å². The van der Waals surface area contributed by atoms with Gasteiger partial charge in [-0.15, -0.1) is 11.3 Å². The van der Waals surface area contributed by atoms with Gasteiger partial charge in [0.05, 0.1) is 10.6 Å². The highest BCUT2D eigenvalue weighted by Crippen LogP contribution is 2.48. The third-order valence-electron chi connectivity index (χ3n) is 7.33. The van der Waals surface area contributed by atoms with Crippen LogP contribution in [0.25, 0.3) is 32.9 Å². The summed E-state index contributed by atoms with van der Waals surface area (Å²) in [4.78, 5) is 3.43. The zero-order valence-electron chi connectivity index (χ0n) is 23.5. The van der Waals surface area contributed by atoms with Gasteiger partial charge in [-0.3, -0.25) is 11.3 Å². The molecule has 0 atom stereocenters. The summed E-state index contributed by atoms with van der Waals surface area (Å²) < 4.78 is 12.2. The summed E-state index contributed by atoms with van der Waals surface area (Å²) >= 11 is 3.46. The quantitative estimate of drug-likeness (QED) is 0.120. The number of nitrogens with two attached hydrogens (primary N) is 1. The molecule has 43 heavy (non-hydrogen) atoms. The number of fused-ring (bicyclic) bond motifs is 4. The first-order chi connectivity index (χ1) is 21.2. The lowest BCUT2D eigenvalue weighted by atomic mass is 9.99. The second kappa shape index (κ2) is 12.0. The van der Waals surface area contributed by atoms with Crippen molar-refractivity contribution in [3.63, 3.8) is 0 Å². The summed E-state index contributed by atoms with van der Waals surface area (Å²) in [5.74, 6) is 6.99. The van der Waals surface area contributed by atoms with E-state index >= 15 is 0 Å². The SMILES string of the molecule is C1=C(c2ccc(N(c3ccccc3)c3cc4ccccc4c4ccccc34)s2)Oc2ccccc2/C1=C1\OCS1.CNN. The van der Waals surface area contributed by atoms with Gasteiger partial charge in [0.2, 0.25) is 0 Å². The van der Waals surface area contributed by atoms with Crippen LogP contribution in [-0.2, 0) is 4.74 Å². The molecule has 5 aromatic carbocycles. The smallest absolute Gasteiger partial charge is 0.165 e. The number of rotatable bonds is 4. The summed E-state index contributed by atoms with van der Waals surface area (Å²) in [6, 6.07) is 42.8. The van der Waals surface area contributed by atoms with Crippen molar-refractivity contribution in [1.29, 1.82) is 0 Å². The fourth-order valence-electron chi connectivity index (χ4n) is 5.46. The van der Waals surface area contributed by atoms with E-state index in [0.717, 1.165) is 49.0 Å². The van der Waals surface area contributed by atoms with E-state index in [1.165, 1.54) is 21.5 Å². The Bertz CT molecular complexity index is 1990. The third kappa shape index (κ3) is 5.17. The number of para-hydroxylation sites is 2. The monoisotopic (exact) mass is 599 g/mol. The zero-order chi connectivity index (χ0) is 29.2. The minimum atomic E-state index is 0.694. The summed E-state index contributed by atoms with van der Waals surface area (Å²) in [5, 5.41) is 7.02. The molecular formula is C36H29N3O2S2. The molecule has 6 aromatic rings. The summed E-state index contributed by atoms with van der Waals surface area (Å²) in [7, 11) is 1.65. The van der Waals surface area contributed by atoms with Crippen LogP contribution in [0.1, 0.15) is 10.4 Å². The van der Waals surface area contributed by atoms with E-state index in [4.69, 9.17) is 9.47 Å². The average molecular weight is 600 g/mol. The number of hydrazine groups is 1. The lowest BCUT2D eigenvalue weighted by Crippen LogP contribution is -2.13. The van der Waals surface area contributed by atoms with Crippen molar-refractivity contribution in [3.05, 3.63) is 143 Å². The Morgan fingerprint density at radius 3 is 2.21 bits per heavy atom. The minimum Gasteiger partial charge on any atom is -0.476 e. The number of ether oxygens (including phenoxy) is 2. The molecule has 212 valence electrons. The van der Waals surface area contributed by atoms with Crippen LogP contribution in [0, 0.1) is 0 Å². The normalized spacial score (nSPS) is 15.3. The number of hydrogen-bond donors (Lipinski definition) is 2. The van der Waals surface area contributed by atoms with Crippen molar-refractivity contribution >= 4 is 72.4 Å². The van der Waals surface area contributed by atoms with Crippen molar-refractivity contribution in [2.24, 2.45) is 5.84 Å². The first-order valence-corrected chi connectivity index (χ1v) is 15.8. The molecule has 3 N–H and O–H groups in total. The standard InChI is InChI=1S/C35H23NO2S2.CH6N2/c1-2-11-24(12-3-1)36(30-20-23-10-4-5-13-25(23)26-14-6-7-15-27(26)30)34-19-18-33(40-34)32-21-29(35-37-22-39-35)28-16-8-9-17-31(28)38-32;1-3-2/h1-21H,22H2;3H,2H2,1H3/b35-29+;. The Hall–Kier alpha value is -4.53. The molecule has 1 fully saturated rings. The van der Waals surface area contributed by atoms with Gasteiger partial charge in [0, 0.05) is 22.2 Å². The van der Waals surface area contributed by atoms with Gasteiger partial charge in [-0.1, -0.05) is 84.9 Å². The fraction of sp³-hybridized carbons (Fsp3) is 0.0556. The van der Waals surface area contributed by atoms with Crippen molar-refractivity contribution in [1.82, 2.24) is 5.43 Å². The maximum atomic E-state index is 6.45. The number of nitrogens with one attached hydrogen (secondary N) is 1. The molecule has 2 aliphatic rings. The molecule has 0 radical (unpaired) electrons. The lowest BCUT2D eigenvalue weighted by molar-refractivity contribution is 0.277. The van der Waals surface area contributed by atoms with Crippen LogP contribution in [-0.4, -0.2) is 13.0 Å². The Balaban J connectivity index is 0.000000963. The molecule has 0 amide bonds. The first-order valence-electron chi connectivity index (χ1n) is 14.0. The number of anilines is 3. The van der Waals surface area contributed by atoms with Crippen LogP contribution < -0.4 is 20.9 Å². The van der Waals surface area contributed by atoms with Crippen LogP contribution in [0.4, 0.5) is 16.4 Å². The van der Waals surface area contributed by atoms with E-state index in [-0.39, 0.29) is 0 Å². The van der Waals surface area contributed by atoms with Crippen LogP contribution in [0.2, 0.25) is 0 Å².